The van der Waals surface area contributed by atoms with Crippen molar-refractivity contribution in [2.45, 2.75) is 51.7 Å². The van der Waals surface area contributed by atoms with Gasteiger partial charge in [0.15, 0.2) is 6.29 Å². The van der Waals surface area contributed by atoms with E-state index in [0.717, 1.165) is 30.0 Å². The van der Waals surface area contributed by atoms with Gasteiger partial charge in [-0.1, -0.05) is 18.2 Å². The third-order valence-electron chi connectivity index (χ3n) is 4.73. The zero-order chi connectivity index (χ0) is 15.7. The maximum atomic E-state index is 12.7. The molecule has 2 atom stereocenters. The maximum absolute atomic E-state index is 12.7. The molecule has 0 radical (unpaired) electrons. The molecule has 0 unspecified atom stereocenters. The molecule has 0 saturated carbocycles. The van der Waals surface area contributed by atoms with E-state index in [1.54, 1.807) is 6.20 Å². The van der Waals surface area contributed by atoms with Gasteiger partial charge in [0.05, 0.1) is 0 Å². The Morgan fingerprint density at radius 3 is 2.59 bits per heavy atom. The first kappa shape index (κ1) is 14.8. The lowest BCUT2D eigenvalue weighted by molar-refractivity contribution is -0.137. The highest BCUT2D eigenvalue weighted by Gasteiger charge is 2.29. The number of carbonyl (C=O) groups excluding carboxylic acids is 2. The van der Waals surface area contributed by atoms with Crippen molar-refractivity contribution in [3.63, 3.8) is 0 Å². The highest BCUT2D eigenvalue weighted by atomic mass is 16.2. The number of para-hydroxylation sites is 1. The van der Waals surface area contributed by atoms with Gasteiger partial charge in [-0.15, -0.1) is 0 Å². The number of likely N-dealkylation sites (tertiary alicyclic amines) is 1. The van der Waals surface area contributed by atoms with E-state index >= 15 is 0 Å². The molecule has 0 N–H and O–H groups in total. The van der Waals surface area contributed by atoms with Crippen LogP contribution in [0, 0.1) is 0 Å². The van der Waals surface area contributed by atoms with Gasteiger partial charge in [0.2, 0.25) is 5.91 Å². The molecule has 0 spiro atoms. The van der Waals surface area contributed by atoms with Crippen molar-refractivity contribution >= 4 is 23.1 Å². The van der Waals surface area contributed by atoms with E-state index in [1.807, 2.05) is 33.7 Å². The minimum atomic E-state index is 0.137. The van der Waals surface area contributed by atoms with Crippen molar-refractivity contribution < 1.29 is 9.59 Å². The van der Waals surface area contributed by atoms with Crippen LogP contribution in [0.25, 0.3) is 10.9 Å². The van der Waals surface area contributed by atoms with Gasteiger partial charge in [0.1, 0.15) is 6.54 Å². The quantitative estimate of drug-likeness (QED) is 0.816. The molecule has 4 heteroatoms. The topological polar surface area (TPSA) is 42.3 Å². The van der Waals surface area contributed by atoms with Crippen molar-refractivity contribution in [1.82, 2.24) is 9.47 Å². The van der Waals surface area contributed by atoms with Crippen LogP contribution in [0.2, 0.25) is 0 Å². The third kappa shape index (κ3) is 2.54. The minimum Gasteiger partial charge on any atom is -0.337 e. The Labute approximate surface area is 130 Å². The number of hydrogen-bond acceptors (Lipinski definition) is 2. The summed E-state index contributed by atoms with van der Waals surface area (Å²) in [6.45, 7) is 4.54. The molecular weight excluding hydrogens is 276 g/mol. The molecule has 2 aromatic rings. The molecule has 1 aliphatic heterocycles. The first-order chi connectivity index (χ1) is 10.6. The standard InChI is InChI=1S/C18H22N2O2/c1-13-6-5-7-14(2)20(13)18(22)11-19-10-15(12-21)16-8-3-4-9-17(16)19/h3-4,8-10,12-14H,5-7,11H2,1-2H3/t13-,14-/m0/s1. The summed E-state index contributed by atoms with van der Waals surface area (Å²) in [6, 6.07) is 8.32. The van der Waals surface area contributed by atoms with E-state index in [9.17, 15) is 9.59 Å². The molecule has 1 amide bonds. The van der Waals surface area contributed by atoms with Crippen molar-refractivity contribution in [2.24, 2.45) is 0 Å². The molecule has 0 aliphatic carbocycles. The van der Waals surface area contributed by atoms with E-state index in [1.165, 1.54) is 6.42 Å². The summed E-state index contributed by atoms with van der Waals surface area (Å²) in [4.78, 5) is 26.0. The lowest BCUT2D eigenvalue weighted by atomic mass is 9.97. The number of aromatic nitrogens is 1. The molecule has 2 heterocycles. The Morgan fingerprint density at radius 1 is 1.23 bits per heavy atom. The van der Waals surface area contributed by atoms with Crippen molar-refractivity contribution in [1.29, 1.82) is 0 Å². The number of benzene rings is 1. The van der Waals surface area contributed by atoms with Crippen LogP contribution in [0.5, 0.6) is 0 Å². The molecule has 1 aromatic heterocycles. The first-order valence-electron chi connectivity index (χ1n) is 7.96. The van der Waals surface area contributed by atoms with Gasteiger partial charge in [0.25, 0.3) is 0 Å². The molecule has 1 aliphatic rings. The predicted octanol–water partition coefficient (Wildman–Crippen LogP) is 3.24. The van der Waals surface area contributed by atoms with E-state index in [2.05, 4.69) is 13.8 Å². The van der Waals surface area contributed by atoms with Gasteiger partial charge in [-0.3, -0.25) is 9.59 Å². The zero-order valence-corrected chi connectivity index (χ0v) is 13.2. The van der Waals surface area contributed by atoms with Crippen LogP contribution < -0.4 is 0 Å². The van der Waals surface area contributed by atoms with Crippen molar-refractivity contribution in [3.8, 4) is 0 Å². The second kappa shape index (κ2) is 5.95. The van der Waals surface area contributed by atoms with E-state index in [-0.39, 0.29) is 5.91 Å². The second-order valence-corrected chi connectivity index (χ2v) is 6.28. The number of fused-ring (bicyclic) bond motifs is 1. The lowest BCUT2D eigenvalue weighted by Gasteiger charge is -2.39. The van der Waals surface area contributed by atoms with Crippen LogP contribution in [0.1, 0.15) is 43.5 Å². The van der Waals surface area contributed by atoms with Gasteiger partial charge in [-0.2, -0.15) is 0 Å². The third-order valence-corrected chi connectivity index (χ3v) is 4.73. The number of rotatable bonds is 3. The number of amides is 1. The molecule has 0 bridgehead atoms. The second-order valence-electron chi connectivity index (χ2n) is 6.28. The average Bonchev–Trinajstić information content (AvgIpc) is 2.85. The van der Waals surface area contributed by atoms with Gasteiger partial charge in [-0.25, -0.2) is 0 Å². The van der Waals surface area contributed by atoms with Crippen LogP contribution in [-0.4, -0.2) is 33.7 Å². The SMILES string of the molecule is C[C@H]1CCC[C@H](C)N1C(=O)Cn1cc(C=O)c2ccccc21. The number of aldehydes is 1. The smallest absolute Gasteiger partial charge is 0.242 e. The van der Waals surface area contributed by atoms with Crippen LogP contribution in [0.3, 0.4) is 0 Å². The molecule has 1 fully saturated rings. The molecule has 4 nitrogen and oxygen atoms in total. The highest BCUT2D eigenvalue weighted by molar-refractivity contribution is 5.98. The van der Waals surface area contributed by atoms with Crippen LogP contribution in [0.15, 0.2) is 30.5 Å². The first-order valence-corrected chi connectivity index (χ1v) is 7.96. The Bertz CT molecular complexity index is 694. The Kier molecular flexibility index (Phi) is 4.01. The van der Waals surface area contributed by atoms with Gasteiger partial charge in [-0.05, 0) is 39.2 Å². The monoisotopic (exact) mass is 298 g/mol. The van der Waals surface area contributed by atoms with E-state index in [0.29, 0.717) is 24.2 Å². The van der Waals surface area contributed by atoms with Crippen molar-refractivity contribution in [2.75, 3.05) is 0 Å². The minimum absolute atomic E-state index is 0.137. The zero-order valence-electron chi connectivity index (χ0n) is 13.2. The Balaban J connectivity index is 1.89. The fraction of sp³-hybridized carbons (Fsp3) is 0.444. The molecule has 1 aromatic carbocycles. The lowest BCUT2D eigenvalue weighted by Crippen LogP contribution is -2.48. The molecule has 3 rings (SSSR count). The fourth-order valence-electron chi connectivity index (χ4n) is 3.64. The molecule has 22 heavy (non-hydrogen) atoms. The number of carbonyl (C=O) groups is 2. The van der Waals surface area contributed by atoms with Gasteiger partial charge in [0, 0.05) is 34.7 Å². The van der Waals surface area contributed by atoms with E-state index < -0.39 is 0 Å². The maximum Gasteiger partial charge on any atom is 0.242 e. The summed E-state index contributed by atoms with van der Waals surface area (Å²) in [6.07, 6.45) is 5.97. The number of piperidine rings is 1. The Hall–Kier alpha value is -2.10. The summed E-state index contributed by atoms with van der Waals surface area (Å²) in [5, 5.41) is 0.907. The van der Waals surface area contributed by atoms with Crippen LogP contribution in [-0.2, 0) is 11.3 Å². The normalized spacial score (nSPS) is 22.0. The summed E-state index contributed by atoms with van der Waals surface area (Å²) < 4.78 is 1.90. The van der Waals surface area contributed by atoms with Crippen LogP contribution in [0.4, 0.5) is 0 Å². The summed E-state index contributed by atoms with van der Waals surface area (Å²) in [7, 11) is 0. The van der Waals surface area contributed by atoms with Crippen molar-refractivity contribution in [3.05, 3.63) is 36.0 Å². The molecule has 1 saturated heterocycles. The number of nitrogens with zero attached hydrogens (tertiary/aromatic N) is 2. The largest absolute Gasteiger partial charge is 0.337 e. The Morgan fingerprint density at radius 2 is 1.91 bits per heavy atom. The summed E-state index contributed by atoms with van der Waals surface area (Å²) in [5.41, 5.74) is 1.58. The molecule has 116 valence electrons. The predicted molar refractivity (Wildman–Crippen MR) is 86.9 cm³/mol. The average molecular weight is 298 g/mol. The van der Waals surface area contributed by atoms with E-state index in [4.69, 9.17) is 0 Å². The summed E-state index contributed by atoms with van der Waals surface area (Å²) >= 11 is 0. The summed E-state index contributed by atoms with van der Waals surface area (Å²) in [5.74, 6) is 0.137. The number of hydrogen-bond donors (Lipinski definition) is 0. The van der Waals surface area contributed by atoms with Crippen LogP contribution >= 0.6 is 0 Å². The fourth-order valence-corrected chi connectivity index (χ4v) is 3.64. The van der Waals surface area contributed by atoms with Gasteiger partial charge < -0.3 is 9.47 Å². The highest BCUT2D eigenvalue weighted by Crippen LogP contribution is 2.24. The van der Waals surface area contributed by atoms with Gasteiger partial charge >= 0.3 is 0 Å². The molecular formula is C18H22N2O2.